The van der Waals surface area contributed by atoms with Crippen LogP contribution in [0.3, 0.4) is 0 Å². The minimum Gasteiger partial charge on any atom is -0.350 e. The van der Waals surface area contributed by atoms with Crippen molar-refractivity contribution in [2.45, 2.75) is 58.0 Å². The minimum atomic E-state index is -0.0302. The molecule has 0 aliphatic heterocycles. The van der Waals surface area contributed by atoms with Gasteiger partial charge in [0, 0.05) is 11.6 Å². The summed E-state index contributed by atoms with van der Waals surface area (Å²) in [7, 11) is 0. The second kappa shape index (κ2) is 5.48. The van der Waals surface area contributed by atoms with Gasteiger partial charge in [-0.25, -0.2) is 0 Å². The van der Waals surface area contributed by atoms with Crippen LogP contribution in [0.4, 0.5) is 0 Å². The predicted molar refractivity (Wildman–Crippen MR) is 67.0 cm³/mol. The molecule has 0 spiro atoms. The third-order valence-corrected chi connectivity index (χ3v) is 3.87. The second-order valence-corrected chi connectivity index (χ2v) is 4.72. The van der Waals surface area contributed by atoms with Crippen molar-refractivity contribution in [3.8, 4) is 0 Å². The van der Waals surface area contributed by atoms with Gasteiger partial charge in [-0.3, -0.25) is 4.79 Å². The molecule has 92 valence electrons. The summed E-state index contributed by atoms with van der Waals surface area (Å²) in [5, 5.41) is 3.20. The van der Waals surface area contributed by atoms with E-state index in [1.807, 2.05) is 12.2 Å². The SMILES string of the molecule is CCC(CC)(CC)NC(=O)C1C=CC(N)C1. The van der Waals surface area contributed by atoms with E-state index < -0.39 is 0 Å². The Bertz CT molecular complexity index is 261. The molecule has 0 aromatic heterocycles. The molecular formula is C13H24N2O. The Morgan fingerprint density at radius 1 is 1.31 bits per heavy atom. The molecule has 3 N–H and O–H groups in total. The summed E-state index contributed by atoms with van der Waals surface area (Å²) in [5.41, 5.74) is 5.73. The quantitative estimate of drug-likeness (QED) is 0.702. The number of carbonyl (C=O) groups excluding carboxylic acids is 1. The molecule has 0 saturated carbocycles. The fraction of sp³-hybridized carbons (Fsp3) is 0.769. The topological polar surface area (TPSA) is 55.1 Å². The van der Waals surface area contributed by atoms with Crippen LogP contribution in [0.2, 0.25) is 0 Å². The fourth-order valence-corrected chi connectivity index (χ4v) is 2.29. The molecule has 0 bridgehead atoms. The first kappa shape index (κ1) is 13.2. The van der Waals surface area contributed by atoms with Crippen LogP contribution < -0.4 is 11.1 Å². The lowest BCUT2D eigenvalue weighted by Gasteiger charge is -2.32. The summed E-state index contributed by atoms with van der Waals surface area (Å²) in [6.45, 7) is 6.39. The van der Waals surface area contributed by atoms with Gasteiger partial charge < -0.3 is 11.1 Å². The first-order valence-electron chi connectivity index (χ1n) is 6.32. The molecule has 0 aromatic rings. The molecule has 3 nitrogen and oxygen atoms in total. The molecule has 1 aliphatic carbocycles. The Morgan fingerprint density at radius 3 is 2.25 bits per heavy atom. The van der Waals surface area contributed by atoms with Crippen LogP contribution in [0, 0.1) is 5.92 Å². The first-order chi connectivity index (χ1) is 7.56. The standard InChI is InChI=1S/C13H24N2O/c1-4-13(5-2,6-3)15-12(16)10-7-8-11(14)9-10/h7-8,10-11H,4-6,9,14H2,1-3H3,(H,15,16). The zero-order chi connectivity index (χ0) is 12.2. The van der Waals surface area contributed by atoms with Crippen LogP contribution in [-0.4, -0.2) is 17.5 Å². The van der Waals surface area contributed by atoms with Crippen LogP contribution in [-0.2, 0) is 4.79 Å². The highest BCUT2D eigenvalue weighted by Crippen LogP contribution is 2.22. The zero-order valence-electron chi connectivity index (χ0n) is 10.6. The van der Waals surface area contributed by atoms with Gasteiger partial charge in [-0.2, -0.15) is 0 Å². The van der Waals surface area contributed by atoms with Crippen molar-refractivity contribution in [1.29, 1.82) is 0 Å². The van der Waals surface area contributed by atoms with Crippen molar-refractivity contribution in [3.63, 3.8) is 0 Å². The summed E-state index contributed by atoms with van der Waals surface area (Å²) in [6.07, 6.45) is 7.55. The number of nitrogens with one attached hydrogen (secondary N) is 1. The van der Waals surface area contributed by atoms with Crippen molar-refractivity contribution in [2.24, 2.45) is 11.7 Å². The molecule has 2 unspecified atom stereocenters. The molecule has 3 heteroatoms. The largest absolute Gasteiger partial charge is 0.350 e. The van der Waals surface area contributed by atoms with Gasteiger partial charge >= 0.3 is 0 Å². The number of rotatable bonds is 5. The van der Waals surface area contributed by atoms with Crippen molar-refractivity contribution in [2.75, 3.05) is 0 Å². The normalized spacial score (nSPS) is 24.8. The maximum atomic E-state index is 12.1. The van der Waals surface area contributed by atoms with Crippen molar-refractivity contribution in [1.82, 2.24) is 5.32 Å². The lowest BCUT2D eigenvalue weighted by atomic mass is 9.89. The molecular weight excluding hydrogens is 200 g/mol. The van der Waals surface area contributed by atoms with Crippen molar-refractivity contribution >= 4 is 5.91 Å². The van der Waals surface area contributed by atoms with Gasteiger partial charge in [-0.05, 0) is 25.7 Å². The van der Waals surface area contributed by atoms with E-state index in [4.69, 9.17) is 5.73 Å². The number of carbonyl (C=O) groups is 1. The Kier molecular flexibility index (Phi) is 4.54. The Labute approximate surface area is 98.5 Å². The van der Waals surface area contributed by atoms with E-state index in [1.54, 1.807) is 0 Å². The number of hydrogen-bond acceptors (Lipinski definition) is 2. The monoisotopic (exact) mass is 224 g/mol. The first-order valence-corrected chi connectivity index (χ1v) is 6.32. The summed E-state index contributed by atoms with van der Waals surface area (Å²) in [6, 6.07) is 0.0510. The van der Waals surface area contributed by atoms with Gasteiger partial charge in [0.1, 0.15) is 0 Å². The van der Waals surface area contributed by atoms with E-state index in [-0.39, 0.29) is 23.4 Å². The van der Waals surface area contributed by atoms with Gasteiger partial charge in [0.15, 0.2) is 0 Å². The minimum absolute atomic E-state index is 0.0287. The molecule has 0 aromatic carbocycles. The van der Waals surface area contributed by atoms with Gasteiger partial charge in [-0.1, -0.05) is 32.9 Å². The van der Waals surface area contributed by atoms with Crippen LogP contribution in [0.1, 0.15) is 46.5 Å². The lowest BCUT2D eigenvalue weighted by molar-refractivity contribution is -0.125. The van der Waals surface area contributed by atoms with Crippen LogP contribution in [0.5, 0.6) is 0 Å². The molecule has 0 fully saturated rings. The second-order valence-electron chi connectivity index (χ2n) is 4.72. The highest BCUT2D eigenvalue weighted by molar-refractivity contribution is 5.81. The Hall–Kier alpha value is -0.830. The number of amides is 1. The molecule has 0 radical (unpaired) electrons. The van der Waals surface area contributed by atoms with Crippen LogP contribution in [0.25, 0.3) is 0 Å². The molecule has 1 amide bonds. The average Bonchev–Trinajstić information content (AvgIpc) is 2.73. The van der Waals surface area contributed by atoms with E-state index >= 15 is 0 Å². The summed E-state index contributed by atoms with van der Waals surface area (Å²) in [5.74, 6) is 0.105. The number of nitrogens with two attached hydrogens (primary N) is 1. The van der Waals surface area contributed by atoms with E-state index in [9.17, 15) is 4.79 Å². The summed E-state index contributed by atoms with van der Waals surface area (Å²) < 4.78 is 0. The van der Waals surface area contributed by atoms with Gasteiger partial charge in [0.25, 0.3) is 0 Å². The highest BCUT2D eigenvalue weighted by Gasteiger charge is 2.30. The third-order valence-electron chi connectivity index (χ3n) is 3.87. The molecule has 2 atom stereocenters. The summed E-state index contributed by atoms with van der Waals surface area (Å²) in [4.78, 5) is 12.1. The van der Waals surface area contributed by atoms with Crippen LogP contribution >= 0.6 is 0 Å². The predicted octanol–water partition coefficient (Wildman–Crippen LogP) is 1.97. The van der Waals surface area contributed by atoms with E-state index in [2.05, 4.69) is 26.1 Å². The van der Waals surface area contributed by atoms with E-state index in [1.165, 1.54) is 0 Å². The van der Waals surface area contributed by atoms with Gasteiger partial charge in [-0.15, -0.1) is 0 Å². The smallest absolute Gasteiger partial charge is 0.227 e. The van der Waals surface area contributed by atoms with Gasteiger partial charge in [0.05, 0.1) is 5.92 Å². The summed E-state index contributed by atoms with van der Waals surface area (Å²) >= 11 is 0. The Morgan fingerprint density at radius 2 is 1.88 bits per heavy atom. The molecule has 0 saturated heterocycles. The maximum Gasteiger partial charge on any atom is 0.227 e. The van der Waals surface area contributed by atoms with E-state index in [0.717, 1.165) is 25.7 Å². The number of hydrogen-bond donors (Lipinski definition) is 2. The maximum absolute atomic E-state index is 12.1. The highest BCUT2D eigenvalue weighted by atomic mass is 16.2. The Balaban J connectivity index is 2.59. The van der Waals surface area contributed by atoms with Crippen LogP contribution in [0.15, 0.2) is 12.2 Å². The van der Waals surface area contributed by atoms with Crippen molar-refractivity contribution in [3.05, 3.63) is 12.2 Å². The van der Waals surface area contributed by atoms with Gasteiger partial charge in [0.2, 0.25) is 5.91 Å². The van der Waals surface area contributed by atoms with E-state index in [0.29, 0.717) is 0 Å². The molecule has 1 rings (SSSR count). The zero-order valence-corrected chi connectivity index (χ0v) is 10.6. The molecule has 16 heavy (non-hydrogen) atoms. The lowest BCUT2D eigenvalue weighted by Crippen LogP contribution is -2.49. The average molecular weight is 224 g/mol. The molecule has 1 aliphatic rings. The fourth-order valence-electron chi connectivity index (χ4n) is 2.29. The van der Waals surface area contributed by atoms with Crippen molar-refractivity contribution < 1.29 is 4.79 Å². The third kappa shape index (κ3) is 2.85. The molecule has 0 heterocycles.